The summed E-state index contributed by atoms with van der Waals surface area (Å²) in [5.41, 5.74) is 4.15. The number of rotatable bonds is 8. The van der Waals surface area contributed by atoms with Crippen molar-refractivity contribution >= 4 is 39.4 Å². The predicted octanol–water partition coefficient (Wildman–Crippen LogP) is 5.17. The van der Waals surface area contributed by atoms with Crippen LogP contribution in [0.1, 0.15) is 10.4 Å². The number of anilines is 1. The van der Waals surface area contributed by atoms with Crippen molar-refractivity contribution in [2.75, 3.05) is 26.1 Å². The van der Waals surface area contributed by atoms with Crippen molar-refractivity contribution in [1.82, 2.24) is 15.0 Å². The minimum Gasteiger partial charge on any atom is -0.493 e. The fourth-order valence-corrected chi connectivity index (χ4v) is 4.43. The molecular formula is C27H22N4O5S. The molecule has 0 fully saturated rings. The Bertz CT molecular complexity index is 1580. The molecule has 0 spiro atoms. The van der Waals surface area contributed by atoms with Crippen molar-refractivity contribution in [3.8, 4) is 34.1 Å². The Morgan fingerprint density at radius 3 is 2.51 bits per heavy atom. The van der Waals surface area contributed by atoms with Gasteiger partial charge in [-0.25, -0.2) is 14.8 Å². The average Bonchev–Trinajstić information content (AvgIpc) is 3.58. The highest BCUT2D eigenvalue weighted by Gasteiger charge is 2.15. The smallest absolute Gasteiger partial charge is 0.338 e. The maximum absolute atomic E-state index is 12.6. The van der Waals surface area contributed by atoms with Gasteiger partial charge in [-0.15, -0.1) is 11.3 Å². The summed E-state index contributed by atoms with van der Waals surface area (Å²) < 4.78 is 15.8. The van der Waals surface area contributed by atoms with Crippen molar-refractivity contribution in [3.05, 3.63) is 77.7 Å². The van der Waals surface area contributed by atoms with Crippen LogP contribution >= 0.6 is 11.3 Å². The number of carbonyl (C=O) groups excluding carboxylic acids is 2. The third-order valence-corrected chi connectivity index (χ3v) is 6.29. The number of hydrogen-bond acceptors (Lipinski definition) is 8. The van der Waals surface area contributed by atoms with Crippen LogP contribution in [0.4, 0.5) is 5.13 Å². The monoisotopic (exact) mass is 514 g/mol. The molecule has 37 heavy (non-hydrogen) atoms. The Balaban J connectivity index is 1.20. The molecule has 0 aliphatic carbocycles. The van der Waals surface area contributed by atoms with E-state index < -0.39 is 18.5 Å². The topological polar surface area (TPSA) is 115 Å². The van der Waals surface area contributed by atoms with Gasteiger partial charge in [-0.2, -0.15) is 0 Å². The molecule has 0 aliphatic heterocycles. The van der Waals surface area contributed by atoms with E-state index in [1.807, 2.05) is 41.8 Å². The second-order valence-corrected chi connectivity index (χ2v) is 8.77. The highest BCUT2D eigenvalue weighted by atomic mass is 32.1. The number of fused-ring (bicyclic) bond motifs is 1. The second kappa shape index (κ2) is 10.5. The van der Waals surface area contributed by atoms with Crippen LogP contribution < -0.4 is 14.8 Å². The molecule has 186 valence electrons. The Hall–Kier alpha value is -4.70. The molecule has 2 N–H and O–H groups in total. The van der Waals surface area contributed by atoms with Gasteiger partial charge in [0.2, 0.25) is 0 Å². The molecule has 0 bridgehead atoms. The zero-order valence-electron chi connectivity index (χ0n) is 20.0. The van der Waals surface area contributed by atoms with E-state index in [2.05, 4.69) is 20.3 Å². The van der Waals surface area contributed by atoms with Crippen molar-refractivity contribution in [3.63, 3.8) is 0 Å². The van der Waals surface area contributed by atoms with Crippen molar-refractivity contribution in [2.24, 2.45) is 0 Å². The van der Waals surface area contributed by atoms with Gasteiger partial charge in [-0.1, -0.05) is 30.3 Å². The lowest BCUT2D eigenvalue weighted by atomic mass is 10.1. The summed E-state index contributed by atoms with van der Waals surface area (Å²) in [7, 11) is 3.13. The number of esters is 1. The minimum absolute atomic E-state index is 0.313. The van der Waals surface area contributed by atoms with Crippen molar-refractivity contribution in [2.45, 2.75) is 0 Å². The summed E-state index contributed by atoms with van der Waals surface area (Å²) in [4.78, 5) is 37.1. The van der Waals surface area contributed by atoms with E-state index in [1.165, 1.54) is 11.3 Å². The summed E-state index contributed by atoms with van der Waals surface area (Å²) in [5, 5.41) is 4.86. The zero-order chi connectivity index (χ0) is 25.8. The van der Waals surface area contributed by atoms with Gasteiger partial charge in [-0.05, 0) is 36.4 Å². The van der Waals surface area contributed by atoms with E-state index in [0.717, 1.165) is 16.6 Å². The number of thiazole rings is 1. The Morgan fingerprint density at radius 2 is 1.73 bits per heavy atom. The number of nitrogens with one attached hydrogen (secondary N) is 2. The summed E-state index contributed by atoms with van der Waals surface area (Å²) in [6, 6.07) is 20.1. The number of imidazole rings is 1. The van der Waals surface area contributed by atoms with E-state index in [9.17, 15) is 9.59 Å². The lowest BCUT2D eigenvalue weighted by Crippen LogP contribution is -2.20. The number of carbonyl (C=O) groups is 2. The first-order chi connectivity index (χ1) is 18.0. The average molecular weight is 515 g/mol. The van der Waals surface area contributed by atoms with Gasteiger partial charge >= 0.3 is 5.97 Å². The number of aromatic nitrogens is 3. The number of H-pyrrole nitrogens is 1. The first-order valence-corrected chi connectivity index (χ1v) is 12.1. The van der Waals surface area contributed by atoms with Gasteiger partial charge in [0.25, 0.3) is 5.91 Å². The van der Waals surface area contributed by atoms with Crippen molar-refractivity contribution in [1.29, 1.82) is 0 Å². The first-order valence-electron chi connectivity index (χ1n) is 11.2. The maximum atomic E-state index is 12.6. The summed E-state index contributed by atoms with van der Waals surface area (Å²) in [6.07, 6.45) is 0. The highest BCUT2D eigenvalue weighted by molar-refractivity contribution is 7.14. The second-order valence-electron chi connectivity index (χ2n) is 7.92. The third kappa shape index (κ3) is 5.29. The molecule has 0 radical (unpaired) electrons. The third-order valence-electron chi connectivity index (χ3n) is 5.53. The van der Waals surface area contributed by atoms with Crippen LogP contribution in [0.2, 0.25) is 0 Å². The summed E-state index contributed by atoms with van der Waals surface area (Å²) in [5.74, 6) is 0.792. The Kier molecular flexibility index (Phi) is 6.82. The molecular weight excluding hydrogens is 492 g/mol. The largest absolute Gasteiger partial charge is 0.493 e. The van der Waals surface area contributed by atoms with Gasteiger partial charge in [0.1, 0.15) is 5.82 Å². The molecule has 0 saturated heterocycles. The van der Waals surface area contributed by atoms with E-state index in [1.54, 1.807) is 44.6 Å². The zero-order valence-corrected chi connectivity index (χ0v) is 20.8. The number of ether oxygens (including phenoxy) is 3. The van der Waals surface area contributed by atoms with E-state index in [4.69, 9.17) is 14.2 Å². The van der Waals surface area contributed by atoms with Crippen LogP contribution in [0.5, 0.6) is 11.5 Å². The van der Waals surface area contributed by atoms with Crippen LogP contribution in [0.25, 0.3) is 33.7 Å². The fourth-order valence-electron chi connectivity index (χ4n) is 3.70. The number of aromatic amines is 1. The van der Waals surface area contributed by atoms with Crippen LogP contribution in [0.3, 0.4) is 0 Å². The lowest BCUT2D eigenvalue weighted by molar-refractivity contribution is -0.119. The van der Waals surface area contributed by atoms with E-state index in [0.29, 0.717) is 39.2 Å². The maximum Gasteiger partial charge on any atom is 0.338 e. The number of hydrogen-bond donors (Lipinski definition) is 2. The molecule has 0 aliphatic rings. The van der Waals surface area contributed by atoms with Crippen molar-refractivity contribution < 1.29 is 23.8 Å². The predicted molar refractivity (Wildman–Crippen MR) is 141 cm³/mol. The quantitative estimate of drug-likeness (QED) is 0.275. The van der Waals surface area contributed by atoms with Gasteiger partial charge in [0, 0.05) is 16.5 Å². The standard InChI is InChI=1S/C27H22N4O5S/c1-34-22-11-9-17(13-23(22)35-2)21-15-37-27(30-21)31-24(32)14-36-26(33)18-8-10-19-20(12-18)29-25(28-19)16-6-4-3-5-7-16/h3-13,15H,14H2,1-2H3,(H,28,29)(H,30,31,32). The number of nitrogens with zero attached hydrogens (tertiary/aromatic N) is 2. The van der Waals surface area contributed by atoms with Gasteiger partial charge < -0.3 is 19.2 Å². The number of methoxy groups -OCH3 is 2. The number of amides is 1. The van der Waals surface area contributed by atoms with E-state index in [-0.39, 0.29) is 0 Å². The summed E-state index contributed by atoms with van der Waals surface area (Å²) in [6.45, 7) is -0.444. The van der Waals surface area contributed by atoms with Crippen LogP contribution in [0, 0.1) is 0 Å². The molecule has 0 saturated carbocycles. The summed E-state index contributed by atoms with van der Waals surface area (Å²) >= 11 is 1.26. The molecule has 0 atom stereocenters. The van der Waals surface area contributed by atoms with Crippen LogP contribution in [-0.2, 0) is 9.53 Å². The minimum atomic E-state index is -0.613. The molecule has 3 aromatic carbocycles. The molecule has 2 heterocycles. The number of benzene rings is 3. The fraction of sp³-hybridized carbons (Fsp3) is 0.111. The molecule has 5 aromatic rings. The Labute approximate surface area is 216 Å². The van der Waals surface area contributed by atoms with Gasteiger partial charge in [0.15, 0.2) is 23.2 Å². The lowest BCUT2D eigenvalue weighted by Gasteiger charge is -2.08. The van der Waals surface area contributed by atoms with Gasteiger partial charge in [0.05, 0.1) is 36.5 Å². The highest BCUT2D eigenvalue weighted by Crippen LogP contribution is 2.33. The molecule has 9 nitrogen and oxygen atoms in total. The van der Waals surface area contributed by atoms with Crippen LogP contribution in [-0.4, -0.2) is 47.7 Å². The van der Waals surface area contributed by atoms with Gasteiger partial charge in [-0.3, -0.25) is 10.1 Å². The molecule has 5 rings (SSSR count). The molecule has 10 heteroatoms. The van der Waals surface area contributed by atoms with E-state index >= 15 is 0 Å². The molecule has 0 unspecified atom stereocenters. The SMILES string of the molecule is COc1ccc(-c2csc(NC(=O)COC(=O)c3ccc4nc(-c5ccccc5)[nH]c4c3)n2)cc1OC. The molecule has 2 aromatic heterocycles. The Morgan fingerprint density at radius 1 is 0.919 bits per heavy atom. The first kappa shape index (κ1) is 24.0. The molecule has 1 amide bonds. The normalized spacial score (nSPS) is 10.8. The van der Waals surface area contributed by atoms with Crippen LogP contribution in [0.15, 0.2) is 72.1 Å².